The molecule has 6 nitrogen and oxygen atoms in total. The third kappa shape index (κ3) is 1.95. The van der Waals surface area contributed by atoms with Gasteiger partial charge in [-0.3, -0.25) is 9.69 Å². The number of pyridine rings is 1. The molecular formula is C11H9N3O3. The summed E-state index contributed by atoms with van der Waals surface area (Å²) in [5.41, 5.74) is 0.346. The maximum Gasteiger partial charge on any atom is 0.326 e. The quantitative estimate of drug-likeness (QED) is 0.801. The number of carbonyl (C=O) groups excluding carboxylic acids is 1. The minimum atomic E-state index is -1.06. The molecule has 6 heteroatoms. The Morgan fingerprint density at radius 1 is 1.65 bits per heavy atom. The van der Waals surface area contributed by atoms with Crippen LogP contribution >= 0.6 is 0 Å². The summed E-state index contributed by atoms with van der Waals surface area (Å²) in [6, 6.07) is 3.95. The van der Waals surface area contributed by atoms with Gasteiger partial charge < -0.3 is 5.11 Å². The SMILES string of the molecule is N#Cc1ccnc(N2C(=O)CC[C@H]2C(=O)O)c1. The lowest BCUT2D eigenvalue weighted by molar-refractivity contribution is -0.138. The first kappa shape index (κ1) is 11.1. The summed E-state index contributed by atoms with van der Waals surface area (Å²) in [5.74, 6) is -1.11. The highest BCUT2D eigenvalue weighted by Crippen LogP contribution is 2.25. The lowest BCUT2D eigenvalue weighted by Gasteiger charge is -2.20. The van der Waals surface area contributed by atoms with E-state index in [1.165, 1.54) is 18.3 Å². The van der Waals surface area contributed by atoms with Crippen molar-refractivity contribution in [3.63, 3.8) is 0 Å². The first-order valence-electron chi connectivity index (χ1n) is 5.04. The van der Waals surface area contributed by atoms with Crippen LogP contribution in [0.4, 0.5) is 5.82 Å². The number of nitriles is 1. The van der Waals surface area contributed by atoms with Crippen molar-refractivity contribution in [2.24, 2.45) is 0 Å². The van der Waals surface area contributed by atoms with Gasteiger partial charge in [0.15, 0.2) is 0 Å². The first-order valence-corrected chi connectivity index (χ1v) is 5.04. The summed E-state index contributed by atoms with van der Waals surface area (Å²) >= 11 is 0. The summed E-state index contributed by atoms with van der Waals surface area (Å²) < 4.78 is 0. The largest absolute Gasteiger partial charge is 0.480 e. The predicted octanol–water partition coefficient (Wildman–Crippen LogP) is 0.533. The zero-order valence-corrected chi connectivity index (χ0v) is 8.83. The number of carboxylic acids is 1. The molecule has 2 heterocycles. The molecule has 0 radical (unpaired) electrons. The molecule has 1 aromatic rings. The Balaban J connectivity index is 2.40. The van der Waals surface area contributed by atoms with Crippen LogP contribution < -0.4 is 4.90 Å². The van der Waals surface area contributed by atoms with Gasteiger partial charge in [-0.2, -0.15) is 5.26 Å². The molecule has 1 fully saturated rings. The van der Waals surface area contributed by atoms with Crippen LogP contribution in [0.1, 0.15) is 18.4 Å². The second-order valence-corrected chi connectivity index (χ2v) is 3.67. The van der Waals surface area contributed by atoms with E-state index in [4.69, 9.17) is 10.4 Å². The fourth-order valence-corrected chi connectivity index (χ4v) is 1.82. The van der Waals surface area contributed by atoms with E-state index in [1.54, 1.807) is 0 Å². The molecule has 1 saturated heterocycles. The third-order valence-corrected chi connectivity index (χ3v) is 2.62. The van der Waals surface area contributed by atoms with E-state index in [0.717, 1.165) is 4.90 Å². The molecule has 1 amide bonds. The topological polar surface area (TPSA) is 94.3 Å². The minimum absolute atomic E-state index is 0.190. The van der Waals surface area contributed by atoms with E-state index in [0.29, 0.717) is 5.56 Å². The van der Waals surface area contributed by atoms with E-state index >= 15 is 0 Å². The highest BCUT2D eigenvalue weighted by atomic mass is 16.4. The number of amides is 1. The molecule has 1 atom stereocenters. The molecular weight excluding hydrogens is 222 g/mol. The standard InChI is InChI=1S/C11H9N3O3/c12-6-7-3-4-13-9(5-7)14-8(11(16)17)1-2-10(14)15/h3-5,8H,1-2H2,(H,16,17)/t8-/m0/s1. The number of nitrogens with zero attached hydrogens (tertiary/aromatic N) is 3. The number of anilines is 1. The lowest BCUT2D eigenvalue weighted by Crippen LogP contribution is -2.39. The van der Waals surface area contributed by atoms with Crippen LogP contribution in [0.2, 0.25) is 0 Å². The number of carbonyl (C=O) groups is 2. The van der Waals surface area contributed by atoms with E-state index in [-0.39, 0.29) is 24.6 Å². The van der Waals surface area contributed by atoms with Crippen LogP contribution in [0.15, 0.2) is 18.3 Å². The van der Waals surface area contributed by atoms with E-state index in [9.17, 15) is 9.59 Å². The zero-order valence-electron chi connectivity index (χ0n) is 8.83. The summed E-state index contributed by atoms with van der Waals surface area (Å²) in [4.78, 5) is 27.7. The van der Waals surface area contributed by atoms with Gasteiger partial charge in [0.25, 0.3) is 0 Å². The third-order valence-electron chi connectivity index (χ3n) is 2.62. The summed E-state index contributed by atoms with van der Waals surface area (Å²) in [6.45, 7) is 0. The highest BCUT2D eigenvalue weighted by molar-refractivity contribution is 6.01. The second-order valence-electron chi connectivity index (χ2n) is 3.67. The van der Waals surface area contributed by atoms with Crippen LogP contribution in [0.5, 0.6) is 0 Å². The Bertz CT molecular complexity index is 521. The Kier molecular flexibility index (Phi) is 2.75. The Morgan fingerprint density at radius 2 is 2.41 bits per heavy atom. The van der Waals surface area contributed by atoms with Crippen LogP contribution in [-0.4, -0.2) is 28.0 Å². The molecule has 0 unspecified atom stereocenters. The molecule has 0 spiro atoms. The number of aromatic nitrogens is 1. The number of hydrogen-bond donors (Lipinski definition) is 1. The Labute approximate surface area is 97.1 Å². The molecule has 1 aromatic heterocycles. The normalized spacial score (nSPS) is 19.1. The van der Waals surface area contributed by atoms with Gasteiger partial charge in [-0.25, -0.2) is 9.78 Å². The fraction of sp³-hybridized carbons (Fsp3) is 0.273. The van der Waals surface area contributed by atoms with Crippen LogP contribution in [0.3, 0.4) is 0 Å². The number of carboxylic acid groups (broad SMARTS) is 1. The van der Waals surface area contributed by atoms with Crippen molar-refractivity contribution >= 4 is 17.7 Å². The molecule has 0 aromatic carbocycles. The van der Waals surface area contributed by atoms with Crippen molar-refractivity contribution in [2.45, 2.75) is 18.9 Å². The average molecular weight is 231 g/mol. The van der Waals surface area contributed by atoms with Crippen molar-refractivity contribution in [1.82, 2.24) is 4.98 Å². The number of hydrogen-bond acceptors (Lipinski definition) is 4. The monoisotopic (exact) mass is 231 g/mol. The van der Waals surface area contributed by atoms with Crippen molar-refractivity contribution in [3.8, 4) is 6.07 Å². The average Bonchev–Trinajstić information content (AvgIpc) is 2.71. The zero-order chi connectivity index (χ0) is 12.4. The van der Waals surface area contributed by atoms with Gasteiger partial charge in [-0.05, 0) is 18.6 Å². The van der Waals surface area contributed by atoms with Crippen LogP contribution in [0, 0.1) is 11.3 Å². The summed E-state index contributed by atoms with van der Waals surface area (Å²) in [7, 11) is 0. The lowest BCUT2D eigenvalue weighted by atomic mass is 10.2. The van der Waals surface area contributed by atoms with Gasteiger partial charge in [0, 0.05) is 12.6 Å². The fourth-order valence-electron chi connectivity index (χ4n) is 1.82. The Morgan fingerprint density at radius 3 is 3.06 bits per heavy atom. The molecule has 1 aliphatic heterocycles. The summed E-state index contributed by atoms with van der Waals surface area (Å²) in [5, 5.41) is 17.8. The second kappa shape index (κ2) is 4.22. The maximum absolute atomic E-state index is 11.6. The van der Waals surface area contributed by atoms with Crippen molar-refractivity contribution in [2.75, 3.05) is 4.90 Å². The smallest absolute Gasteiger partial charge is 0.326 e. The van der Waals surface area contributed by atoms with Crippen LogP contribution in [-0.2, 0) is 9.59 Å². The van der Waals surface area contributed by atoms with E-state index < -0.39 is 12.0 Å². The maximum atomic E-state index is 11.6. The molecule has 2 rings (SSSR count). The number of aliphatic carboxylic acids is 1. The molecule has 17 heavy (non-hydrogen) atoms. The molecule has 0 aliphatic carbocycles. The van der Waals surface area contributed by atoms with Crippen molar-refractivity contribution in [3.05, 3.63) is 23.9 Å². The van der Waals surface area contributed by atoms with Crippen molar-refractivity contribution < 1.29 is 14.7 Å². The van der Waals surface area contributed by atoms with E-state index in [2.05, 4.69) is 4.98 Å². The van der Waals surface area contributed by atoms with Crippen LogP contribution in [0.25, 0.3) is 0 Å². The predicted molar refractivity (Wildman–Crippen MR) is 57.1 cm³/mol. The molecule has 86 valence electrons. The van der Waals surface area contributed by atoms with Gasteiger partial charge >= 0.3 is 5.97 Å². The molecule has 1 N–H and O–H groups in total. The first-order chi connectivity index (χ1) is 8.13. The van der Waals surface area contributed by atoms with Crippen molar-refractivity contribution in [1.29, 1.82) is 5.26 Å². The Hall–Kier alpha value is -2.42. The molecule has 1 aliphatic rings. The highest BCUT2D eigenvalue weighted by Gasteiger charge is 2.37. The molecule has 0 bridgehead atoms. The van der Waals surface area contributed by atoms with E-state index in [1.807, 2.05) is 6.07 Å². The minimum Gasteiger partial charge on any atom is -0.480 e. The molecule has 0 saturated carbocycles. The van der Waals surface area contributed by atoms with Gasteiger partial charge in [0.1, 0.15) is 11.9 Å². The number of rotatable bonds is 2. The van der Waals surface area contributed by atoms with Gasteiger partial charge in [0.2, 0.25) is 5.91 Å². The summed E-state index contributed by atoms with van der Waals surface area (Å²) in [6.07, 6.45) is 1.85. The van der Waals surface area contributed by atoms with Gasteiger partial charge in [-0.15, -0.1) is 0 Å². The van der Waals surface area contributed by atoms with Gasteiger partial charge in [-0.1, -0.05) is 0 Å². The van der Waals surface area contributed by atoms with Gasteiger partial charge in [0.05, 0.1) is 11.6 Å².